The van der Waals surface area contributed by atoms with Crippen molar-refractivity contribution in [3.63, 3.8) is 0 Å². The number of nitrogens with one attached hydrogen (secondary N) is 1. The maximum atomic E-state index is 5.77. The Labute approximate surface area is 90.1 Å². The van der Waals surface area contributed by atoms with Gasteiger partial charge in [0.05, 0.1) is 12.7 Å². The van der Waals surface area contributed by atoms with Gasteiger partial charge in [-0.3, -0.25) is 0 Å². The average molecular weight is 212 g/mol. The van der Waals surface area contributed by atoms with Crippen LogP contribution in [0.3, 0.4) is 0 Å². The lowest BCUT2D eigenvalue weighted by Crippen LogP contribution is -2.28. The third kappa shape index (κ3) is 1.44. The lowest BCUT2D eigenvalue weighted by atomic mass is 9.88. The van der Waals surface area contributed by atoms with E-state index in [9.17, 15) is 0 Å². The lowest BCUT2D eigenvalue weighted by Gasteiger charge is -2.28. The van der Waals surface area contributed by atoms with Gasteiger partial charge in [0.15, 0.2) is 0 Å². The van der Waals surface area contributed by atoms with Crippen LogP contribution in [0, 0.1) is 5.92 Å². The van der Waals surface area contributed by atoms with E-state index in [0.29, 0.717) is 12.0 Å². The van der Waals surface area contributed by atoms with Crippen LogP contribution in [0.1, 0.15) is 0 Å². The fraction of sp³-hybridized carbons (Fsp3) is 0.455. The highest BCUT2D eigenvalue weighted by Gasteiger charge is 2.31. The molecule has 2 atom stereocenters. The second kappa shape index (κ2) is 3.89. The van der Waals surface area contributed by atoms with Crippen molar-refractivity contribution >= 4 is 12.4 Å². The molecule has 0 amide bonds. The highest BCUT2D eigenvalue weighted by atomic mass is 35.5. The Balaban J connectivity index is 0.000000750. The quantitative estimate of drug-likeness (QED) is 0.655. The van der Waals surface area contributed by atoms with Gasteiger partial charge in [-0.1, -0.05) is 24.3 Å². The summed E-state index contributed by atoms with van der Waals surface area (Å²) in [6.45, 7) is 2.85. The number of rotatable bonds is 0. The molecule has 1 saturated heterocycles. The van der Waals surface area contributed by atoms with Crippen molar-refractivity contribution in [3.05, 3.63) is 35.5 Å². The molecule has 1 fully saturated rings. The van der Waals surface area contributed by atoms with Crippen molar-refractivity contribution in [2.75, 3.05) is 19.7 Å². The van der Waals surface area contributed by atoms with Crippen LogP contribution in [-0.2, 0) is 4.74 Å². The first kappa shape index (κ1) is 9.97. The SMILES string of the molecule is C1=CC2=C3CNCC3OCC2C=C1.Cl. The summed E-state index contributed by atoms with van der Waals surface area (Å²) >= 11 is 0. The monoisotopic (exact) mass is 211 g/mol. The number of fused-ring (bicyclic) bond motifs is 2. The zero-order chi connectivity index (χ0) is 8.67. The largest absolute Gasteiger partial charge is 0.372 e. The minimum absolute atomic E-state index is 0. The summed E-state index contributed by atoms with van der Waals surface area (Å²) in [5.74, 6) is 0.510. The van der Waals surface area contributed by atoms with Crippen LogP contribution in [0.15, 0.2) is 35.5 Å². The first-order valence-corrected chi connectivity index (χ1v) is 4.85. The number of ether oxygens (including phenoxy) is 1. The molecule has 76 valence electrons. The van der Waals surface area contributed by atoms with Gasteiger partial charge in [-0.15, -0.1) is 12.4 Å². The predicted octanol–water partition coefficient (Wildman–Crippen LogP) is 1.45. The van der Waals surface area contributed by atoms with Crippen LogP contribution >= 0.6 is 12.4 Å². The average Bonchev–Trinajstić information content (AvgIpc) is 2.65. The minimum atomic E-state index is 0. The van der Waals surface area contributed by atoms with Crippen LogP contribution in [-0.4, -0.2) is 25.8 Å². The van der Waals surface area contributed by atoms with E-state index in [1.54, 1.807) is 0 Å². The van der Waals surface area contributed by atoms with E-state index >= 15 is 0 Å². The normalized spacial score (nSPS) is 33.7. The first-order valence-electron chi connectivity index (χ1n) is 4.85. The maximum absolute atomic E-state index is 5.77. The summed E-state index contributed by atoms with van der Waals surface area (Å²) in [6, 6.07) is 0. The highest BCUT2D eigenvalue weighted by molar-refractivity contribution is 5.85. The summed E-state index contributed by atoms with van der Waals surface area (Å²) in [5, 5.41) is 3.36. The molecule has 1 aliphatic carbocycles. The summed E-state index contributed by atoms with van der Waals surface area (Å²) in [4.78, 5) is 0. The smallest absolute Gasteiger partial charge is 0.0928 e. The van der Waals surface area contributed by atoms with Crippen LogP contribution in [0.4, 0.5) is 0 Å². The Hall–Kier alpha value is -0.570. The molecule has 0 aromatic rings. The number of halogens is 1. The fourth-order valence-corrected chi connectivity index (χ4v) is 2.32. The number of allylic oxidation sites excluding steroid dienone is 3. The van der Waals surface area contributed by atoms with Crippen molar-refractivity contribution in [2.24, 2.45) is 5.92 Å². The summed E-state index contributed by atoms with van der Waals surface area (Å²) in [7, 11) is 0. The van der Waals surface area contributed by atoms with Crippen LogP contribution < -0.4 is 5.32 Å². The van der Waals surface area contributed by atoms with E-state index in [1.807, 2.05) is 0 Å². The zero-order valence-electron chi connectivity index (χ0n) is 7.90. The second-order valence-electron chi connectivity index (χ2n) is 3.78. The van der Waals surface area contributed by atoms with Gasteiger partial charge in [-0.2, -0.15) is 0 Å². The van der Waals surface area contributed by atoms with Gasteiger partial charge >= 0.3 is 0 Å². The van der Waals surface area contributed by atoms with E-state index in [0.717, 1.165) is 19.7 Å². The van der Waals surface area contributed by atoms with E-state index in [1.165, 1.54) is 11.1 Å². The molecule has 2 heterocycles. The Bertz CT molecular complexity index is 319. The lowest BCUT2D eigenvalue weighted by molar-refractivity contribution is 0.0652. The molecular weight excluding hydrogens is 198 g/mol. The van der Waals surface area contributed by atoms with Gasteiger partial charge in [0.1, 0.15) is 0 Å². The standard InChI is InChI=1S/C11H13NO.ClH/c1-2-4-9-8(3-1)7-13-11-6-12-5-10(9)11;/h1-4,8,11-12H,5-7H2;1H. The minimum Gasteiger partial charge on any atom is -0.372 e. The van der Waals surface area contributed by atoms with Gasteiger partial charge < -0.3 is 10.1 Å². The topological polar surface area (TPSA) is 21.3 Å². The molecular formula is C11H14ClNO. The van der Waals surface area contributed by atoms with Gasteiger partial charge in [0.25, 0.3) is 0 Å². The molecule has 2 aliphatic heterocycles. The van der Waals surface area contributed by atoms with Crippen molar-refractivity contribution < 1.29 is 4.74 Å². The molecule has 3 rings (SSSR count). The molecule has 3 heteroatoms. The molecule has 0 aromatic carbocycles. The molecule has 2 unspecified atom stereocenters. The third-order valence-corrected chi connectivity index (χ3v) is 3.01. The first-order chi connectivity index (χ1) is 6.45. The van der Waals surface area contributed by atoms with E-state index in [4.69, 9.17) is 4.74 Å². The van der Waals surface area contributed by atoms with Crippen molar-refractivity contribution in [1.82, 2.24) is 5.32 Å². The molecule has 0 radical (unpaired) electrons. The Kier molecular flexibility index (Phi) is 2.77. The number of hydrogen-bond acceptors (Lipinski definition) is 2. The molecule has 0 spiro atoms. The van der Waals surface area contributed by atoms with Gasteiger partial charge in [-0.25, -0.2) is 0 Å². The van der Waals surface area contributed by atoms with Crippen LogP contribution in [0.5, 0.6) is 0 Å². The molecule has 0 aromatic heterocycles. The van der Waals surface area contributed by atoms with Crippen molar-refractivity contribution in [2.45, 2.75) is 6.10 Å². The Morgan fingerprint density at radius 2 is 2.29 bits per heavy atom. The number of hydrogen-bond donors (Lipinski definition) is 1. The third-order valence-electron chi connectivity index (χ3n) is 3.01. The molecule has 14 heavy (non-hydrogen) atoms. The molecule has 1 N–H and O–H groups in total. The Morgan fingerprint density at radius 3 is 3.21 bits per heavy atom. The molecule has 0 saturated carbocycles. The van der Waals surface area contributed by atoms with E-state index in [-0.39, 0.29) is 12.4 Å². The highest BCUT2D eigenvalue weighted by Crippen LogP contribution is 2.31. The maximum Gasteiger partial charge on any atom is 0.0928 e. The summed E-state index contributed by atoms with van der Waals surface area (Å²) in [5.41, 5.74) is 2.96. The van der Waals surface area contributed by atoms with Crippen LogP contribution in [0.25, 0.3) is 0 Å². The second-order valence-corrected chi connectivity index (χ2v) is 3.78. The molecule has 2 nitrogen and oxygen atoms in total. The van der Waals surface area contributed by atoms with Gasteiger partial charge in [-0.05, 0) is 11.1 Å². The predicted molar refractivity (Wildman–Crippen MR) is 58.7 cm³/mol. The van der Waals surface area contributed by atoms with E-state index < -0.39 is 0 Å². The van der Waals surface area contributed by atoms with Gasteiger partial charge in [0, 0.05) is 19.0 Å². The van der Waals surface area contributed by atoms with Gasteiger partial charge in [0.2, 0.25) is 0 Å². The molecule has 3 aliphatic rings. The summed E-state index contributed by atoms with van der Waals surface area (Å²) < 4.78 is 5.77. The fourth-order valence-electron chi connectivity index (χ4n) is 2.32. The zero-order valence-corrected chi connectivity index (χ0v) is 8.72. The van der Waals surface area contributed by atoms with Crippen molar-refractivity contribution in [1.29, 1.82) is 0 Å². The molecule has 0 bridgehead atoms. The summed E-state index contributed by atoms with van der Waals surface area (Å²) in [6.07, 6.45) is 9.06. The van der Waals surface area contributed by atoms with E-state index in [2.05, 4.69) is 29.6 Å². The Morgan fingerprint density at radius 1 is 1.36 bits per heavy atom. The van der Waals surface area contributed by atoms with Crippen molar-refractivity contribution in [3.8, 4) is 0 Å². The van der Waals surface area contributed by atoms with Crippen LogP contribution in [0.2, 0.25) is 0 Å².